The third-order valence-corrected chi connectivity index (χ3v) is 4.84. The van der Waals surface area contributed by atoms with Gasteiger partial charge in [-0.2, -0.15) is 0 Å². The number of rotatable bonds is 2. The zero-order valence-electron chi connectivity index (χ0n) is 12.5. The molecule has 0 aromatic heterocycles. The molecule has 1 amide bonds. The highest BCUT2D eigenvalue weighted by molar-refractivity contribution is 5.95. The molecule has 6 nitrogen and oxygen atoms in total. The molecule has 1 aliphatic carbocycles. The summed E-state index contributed by atoms with van der Waals surface area (Å²) in [6, 6.07) is 3.24. The number of carbonyl (C=O) groups is 1. The van der Waals surface area contributed by atoms with Gasteiger partial charge in [-0.25, -0.2) is 4.39 Å². The lowest BCUT2D eigenvalue weighted by Gasteiger charge is -2.29. The zero-order valence-corrected chi connectivity index (χ0v) is 13.3. The van der Waals surface area contributed by atoms with Gasteiger partial charge >= 0.3 is 0 Å². The van der Waals surface area contributed by atoms with Crippen molar-refractivity contribution in [3.05, 3.63) is 39.7 Å². The van der Waals surface area contributed by atoms with Crippen molar-refractivity contribution < 1.29 is 14.1 Å². The molecule has 0 spiro atoms. The molecule has 1 aromatic rings. The van der Waals surface area contributed by atoms with Crippen LogP contribution in [0.5, 0.6) is 0 Å². The maximum absolute atomic E-state index is 14.0. The van der Waals surface area contributed by atoms with Crippen LogP contribution in [0.25, 0.3) is 0 Å². The molecule has 2 aliphatic rings. The molecule has 0 bridgehead atoms. The van der Waals surface area contributed by atoms with E-state index in [1.165, 1.54) is 6.07 Å². The van der Waals surface area contributed by atoms with E-state index in [2.05, 4.69) is 0 Å². The maximum atomic E-state index is 14.0. The number of fused-ring (bicyclic) bond motifs is 1. The van der Waals surface area contributed by atoms with Gasteiger partial charge in [0.15, 0.2) is 0 Å². The second-order valence-corrected chi connectivity index (χ2v) is 6.15. The summed E-state index contributed by atoms with van der Waals surface area (Å²) in [5.41, 5.74) is 5.65. The van der Waals surface area contributed by atoms with Crippen molar-refractivity contribution in [1.82, 2.24) is 4.90 Å². The minimum absolute atomic E-state index is 0. The predicted octanol–water partition coefficient (Wildman–Crippen LogP) is 2.36. The average Bonchev–Trinajstić information content (AvgIpc) is 2.92. The number of halogens is 2. The van der Waals surface area contributed by atoms with E-state index in [-0.39, 0.29) is 35.6 Å². The van der Waals surface area contributed by atoms with Crippen LogP contribution < -0.4 is 5.73 Å². The Morgan fingerprint density at radius 3 is 2.70 bits per heavy atom. The molecule has 23 heavy (non-hydrogen) atoms. The first-order valence-electron chi connectivity index (χ1n) is 7.46. The predicted molar refractivity (Wildman–Crippen MR) is 85.0 cm³/mol. The number of benzene rings is 1. The molecular weight excluding hydrogens is 325 g/mol. The molecule has 2 N–H and O–H groups in total. The summed E-state index contributed by atoms with van der Waals surface area (Å²) in [5, 5.41) is 10.6. The number of non-ortho nitro benzene ring substituents is 1. The van der Waals surface area contributed by atoms with Crippen LogP contribution in [-0.2, 0) is 0 Å². The van der Waals surface area contributed by atoms with E-state index in [0.29, 0.717) is 19.0 Å². The lowest BCUT2D eigenvalue weighted by molar-refractivity contribution is -0.385. The van der Waals surface area contributed by atoms with Crippen LogP contribution >= 0.6 is 12.4 Å². The number of nitrogens with two attached hydrogens (primary N) is 1. The number of hydrogen-bond acceptors (Lipinski definition) is 4. The second-order valence-electron chi connectivity index (χ2n) is 6.15. The van der Waals surface area contributed by atoms with Crippen LogP contribution in [0.4, 0.5) is 10.1 Å². The fraction of sp³-hybridized carbons (Fsp3) is 0.533. The van der Waals surface area contributed by atoms with Gasteiger partial charge in [0, 0.05) is 25.2 Å². The largest absolute Gasteiger partial charge is 0.338 e. The standard InChI is InChI=1S/C15H18FN3O3.ClH/c16-13-6-10(19(21)22)4-5-11(13)15(20)18-7-9-2-1-3-14(17)12(9)8-18;/h4-6,9,12,14H,1-3,7-8,17H2;1H. The highest BCUT2D eigenvalue weighted by Crippen LogP contribution is 2.36. The molecule has 8 heteroatoms. The summed E-state index contributed by atoms with van der Waals surface area (Å²) in [6.07, 6.45) is 3.08. The Labute approximate surface area is 139 Å². The molecule has 1 saturated carbocycles. The van der Waals surface area contributed by atoms with Gasteiger partial charge in [0.05, 0.1) is 16.6 Å². The van der Waals surface area contributed by atoms with Gasteiger partial charge in [0.25, 0.3) is 11.6 Å². The van der Waals surface area contributed by atoms with Gasteiger partial charge in [-0.05, 0) is 30.7 Å². The Morgan fingerprint density at radius 2 is 2.09 bits per heavy atom. The van der Waals surface area contributed by atoms with E-state index >= 15 is 0 Å². The summed E-state index contributed by atoms with van der Waals surface area (Å²) in [7, 11) is 0. The van der Waals surface area contributed by atoms with Crippen LogP contribution in [0.3, 0.4) is 0 Å². The van der Waals surface area contributed by atoms with Crippen molar-refractivity contribution in [2.75, 3.05) is 13.1 Å². The smallest absolute Gasteiger partial charge is 0.272 e. The third kappa shape index (κ3) is 3.30. The molecule has 3 rings (SSSR count). The van der Waals surface area contributed by atoms with Crippen LogP contribution in [0.1, 0.15) is 29.6 Å². The second kappa shape index (κ2) is 6.80. The molecular formula is C15H19ClFN3O3. The SMILES string of the molecule is Cl.NC1CCCC2CN(C(=O)c3ccc([N+](=O)[O-])cc3F)CC12. The lowest BCUT2D eigenvalue weighted by atomic mass is 9.78. The van der Waals surface area contributed by atoms with E-state index in [0.717, 1.165) is 31.4 Å². The number of likely N-dealkylation sites (tertiary alicyclic amines) is 1. The van der Waals surface area contributed by atoms with Crippen molar-refractivity contribution in [1.29, 1.82) is 0 Å². The molecule has 2 fully saturated rings. The van der Waals surface area contributed by atoms with Gasteiger partial charge in [-0.3, -0.25) is 14.9 Å². The molecule has 126 valence electrons. The fourth-order valence-electron chi connectivity index (χ4n) is 3.64. The first kappa shape index (κ1) is 17.6. The number of carbonyl (C=O) groups excluding carboxylic acids is 1. The molecule has 3 atom stereocenters. The van der Waals surface area contributed by atoms with Crippen molar-refractivity contribution in [3.8, 4) is 0 Å². The summed E-state index contributed by atoms with van der Waals surface area (Å²) < 4.78 is 14.0. The van der Waals surface area contributed by atoms with Gasteiger partial charge in [-0.1, -0.05) is 6.42 Å². The highest BCUT2D eigenvalue weighted by Gasteiger charge is 2.40. The van der Waals surface area contributed by atoms with Crippen LogP contribution in [0.2, 0.25) is 0 Å². The van der Waals surface area contributed by atoms with Crippen molar-refractivity contribution in [3.63, 3.8) is 0 Å². The van der Waals surface area contributed by atoms with Crippen LogP contribution in [-0.4, -0.2) is 34.9 Å². The summed E-state index contributed by atoms with van der Waals surface area (Å²) in [4.78, 5) is 24.1. The Morgan fingerprint density at radius 1 is 1.35 bits per heavy atom. The molecule has 3 unspecified atom stereocenters. The number of nitro groups is 1. The van der Waals surface area contributed by atoms with Gasteiger partial charge in [-0.15, -0.1) is 12.4 Å². The first-order chi connectivity index (χ1) is 10.5. The molecule has 1 saturated heterocycles. The highest BCUT2D eigenvalue weighted by atomic mass is 35.5. The van der Waals surface area contributed by atoms with Gasteiger partial charge in [0.2, 0.25) is 0 Å². The number of amides is 1. The monoisotopic (exact) mass is 343 g/mol. The Balaban J connectivity index is 0.00000192. The fourth-order valence-corrected chi connectivity index (χ4v) is 3.64. The topological polar surface area (TPSA) is 89.5 Å². The normalized spacial score (nSPS) is 26.3. The number of nitro benzene ring substituents is 1. The molecule has 1 aliphatic heterocycles. The summed E-state index contributed by atoms with van der Waals surface area (Å²) in [6.45, 7) is 1.13. The van der Waals surface area contributed by atoms with E-state index in [9.17, 15) is 19.3 Å². The Kier molecular flexibility index (Phi) is 5.21. The van der Waals surface area contributed by atoms with Crippen molar-refractivity contribution in [2.45, 2.75) is 25.3 Å². The lowest BCUT2D eigenvalue weighted by Crippen LogP contribution is -2.38. The third-order valence-electron chi connectivity index (χ3n) is 4.84. The maximum Gasteiger partial charge on any atom is 0.272 e. The summed E-state index contributed by atoms with van der Waals surface area (Å²) >= 11 is 0. The minimum Gasteiger partial charge on any atom is -0.338 e. The number of nitrogens with zero attached hydrogens (tertiary/aromatic N) is 2. The minimum atomic E-state index is -0.849. The molecule has 0 radical (unpaired) electrons. The average molecular weight is 344 g/mol. The van der Waals surface area contributed by atoms with E-state index < -0.39 is 16.6 Å². The zero-order chi connectivity index (χ0) is 15.9. The quantitative estimate of drug-likeness (QED) is 0.659. The summed E-state index contributed by atoms with van der Waals surface area (Å²) in [5.74, 6) is -0.597. The van der Waals surface area contributed by atoms with Gasteiger partial charge < -0.3 is 10.6 Å². The van der Waals surface area contributed by atoms with E-state index in [1.807, 2.05) is 0 Å². The van der Waals surface area contributed by atoms with Gasteiger partial charge in [0.1, 0.15) is 5.82 Å². The van der Waals surface area contributed by atoms with E-state index in [1.54, 1.807) is 4.90 Å². The Hall–Kier alpha value is -1.73. The van der Waals surface area contributed by atoms with Crippen LogP contribution in [0, 0.1) is 27.8 Å². The number of hydrogen-bond donors (Lipinski definition) is 1. The molecule has 1 aromatic carbocycles. The first-order valence-corrected chi connectivity index (χ1v) is 7.46. The van der Waals surface area contributed by atoms with E-state index in [4.69, 9.17) is 5.73 Å². The molecule has 1 heterocycles. The van der Waals surface area contributed by atoms with Crippen molar-refractivity contribution in [2.24, 2.45) is 17.6 Å². The Bertz CT molecular complexity index is 628. The van der Waals surface area contributed by atoms with Crippen LogP contribution in [0.15, 0.2) is 18.2 Å². The van der Waals surface area contributed by atoms with Crippen molar-refractivity contribution >= 4 is 24.0 Å².